The third kappa shape index (κ3) is 3.77. The van der Waals surface area contributed by atoms with Gasteiger partial charge in [0.15, 0.2) is 6.61 Å². The minimum Gasteiger partial charge on any atom is -0.456 e. The van der Waals surface area contributed by atoms with Crippen LogP contribution in [-0.2, 0) is 19.1 Å². The van der Waals surface area contributed by atoms with Gasteiger partial charge in [0.05, 0.1) is 17.1 Å². The molecule has 0 aliphatic heterocycles. The molecule has 2 atom stereocenters. The van der Waals surface area contributed by atoms with Gasteiger partial charge in [-0.05, 0) is 37.0 Å². The molecule has 0 heterocycles. The largest absolute Gasteiger partial charge is 0.456 e. The molecule has 148 valence electrons. The number of hydrogen-bond acceptors (Lipinski definition) is 6. The fourth-order valence-electron chi connectivity index (χ4n) is 6.17. The molecule has 2 unspecified atom stereocenters. The van der Waals surface area contributed by atoms with E-state index in [-0.39, 0.29) is 29.6 Å². The van der Waals surface area contributed by atoms with Crippen LogP contribution in [0.2, 0.25) is 0 Å². The molecule has 4 saturated carbocycles. The first kappa shape index (κ1) is 19.6. The summed E-state index contributed by atoms with van der Waals surface area (Å²) >= 11 is 0. The molecule has 6 heteroatoms. The zero-order chi connectivity index (χ0) is 19.3. The van der Waals surface area contributed by atoms with E-state index >= 15 is 0 Å². The molecule has 0 saturated heterocycles. The van der Waals surface area contributed by atoms with E-state index in [4.69, 9.17) is 9.47 Å². The average molecular weight is 368 g/mol. The number of esters is 2. The molecule has 4 bridgehead atoms. The van der Waals surface area contributed by atoms with Crippen LogP contribution in [0.4, 0.5) is 0 Å². The Morgan fingerprint density at radius 2 is 1.50 bits per heavy atom. The highest BCUT2D eigenvalue weighted by molar-refractivity contribution is 5.78. The fraction of sp³-hybridized carbons (Fsp3) is 0.900. The van der Waals surface area contributed by atoms with Gasteiger partial charge in [-0.2, -0.15) is 0 Å². The Morgan fingerprint density at radius 1 is 0.962 bits per heavy atom. The lowest BCUT2D eigenvalue weighted by Crippen LogP contribution is -2.67. The molecule has 4 aliphatic carbocycles. The number of hydrogen-bond donors (Lipinski definition) is 2. The minimum absolute atomic E-state index is 0.130. The monoisotopic (exact) mass is 368 g/mol. The zero-order valence-electron chi connectivity index (χ0n) is 16.3. The van der Waals surface area contributed by atoms with Gasteiger partial charge in [-0.1, -0.05) is 27.7 Å². The summed E-state index contributed by atoms with van der Waals surface area (Å²) < 4.78 is 10.9. The molecular weight excluding hydrogens is 336 g/mol. The van der Waals surface area contributed by atoms with E-state index in [1.54, 1.807) is 0 Å². The van der Waals surface area contributed by atoms with Crippen molar-refractivity contribution < 1.29 is 29.3 Å². The van der Waals surface area contributed by atoms with Crippen LogP contribution < -0.4 is 0 Å². The maximum absolute atomic E-state index is 12.3. The van der Waals surface area contributed by atoms with Crippen LogP contribution in [0.15, 0.2) is 0 Å². The van der Waals surface area contributed by atoms with Crippen molar-refractivity contribution in [2.45, 2.75) is 83.0 Å². The Kier molecular flexibility index (Phi) is 4.89. The van der Waals surface area contributed by atoms with Crippen molar-refractivity contribution in [2.24, 2.45) is 23.7 Å². The predicted octanol–water partition coefficient (Wildman–Crippen LogP) is 2.20. The second kappa shape index (κ2) is 6.48. The summed E-state index contributed by atoms with van der Waals surface area (Å²) in [5, 5.41) is 21.4. The standard InChI is InChI=1S/C20H32O6/c1-12(2)16(13(3)4)17(22)25-8-15(21)26-20-7-14-5-18(23,10-20)9-19(24,6-14)11-20/h12-14,16,23-24H,5-11H2,1-4H3. The molecule has 4 rings (SSSR count). The number of carbonyl (C=O) groups excluding carboxylic acids is 2. The number of carbonyl (C=O) groups is 2. The molecular formula is C20H32O6. The molecule has 0 radical (unpaired) electrons. The molecule has 2 N–H and O–H groups in total. The quantitative estimate of drug-likeness (QED) is 0.698. The second-order valence-electron chi connectivity index (χ2n) is 9.74. The topological polar surface area (TPSA) is 93.1 Å². The van der Waals surface area contributed by atoms with Crippen LogP contribution in [0.5, 0.6) is 0 Å². The summed E-state index contributed by atoms with van der Waals surface area (Å²) in [5.74, 6) is -0.810. The minimum atomic E-state index is -0.953. The van der Waals surface area contributed by atoms with E-state index < -0.39 is 29.4 Å². The number of rotatable bonds is 6. The van der Waals surface area contributed by atoms with Crippen LogP contribution in [0.25, 0.3) is 0 Å². The molecule has 0 spiro atoms. The number of aliphatic hydroxyl groups is 2. The molecule has 4 aliphatic rings. The van der Waals surface area contributed by atoms with Crippen molar-refractivity contribution in [3.8, 4) is 0 Å². The Balaban J connectivity index is 1.59. The first-order valence-electron chi connectivity index (χ1n) is 9.78. The highest BCUT2D eigenvalue weighted by Gasteiger charge is 2.64. The normalized spacial score (nSPS) is 38.3. The van der Waals surface area contributed by atoms with Crippen molar-refractivity contribution in [1.82, 2.24) is 0 Å². The molecule has 0 aromatic rings. The smallest absolute Gasteiger partial charge is 0.344 e. The van der Waals surface area contributed by atoms with Crippen molar-refractivity contribution in [1.29, 1.82) is 0 Å². The van der Waals surface area contributed by atoms with E-state index in [0.29, 0.717) is 38.5 Å². The van der Waals surface area contributed by atoms with E-state index in [1.807, 2.05) is 27.7 Å². The summed E-state index contributed by atoms with van der Waals surface area (Å²) in [6.45, 7) is 7.42. The van der Waals surface area contributed by atoms with Gasteiger partial charge in [-0.15, -0.1) is 0 Å². The van der Waals surface area contributed by atoms with Gasteiger partial charge in [0.1, 0.15) is 5.60 Å². The zero-order valence-corrected chi connectivity index (χ0v) is 16.3. The van der Waals surface area contributed by atoms with E-state index in [9.17, 15) is 19.8 Å². The molecule has 0 aromatic heterocycles. The van der Waals surface area contributed by atoms with Gasteiger partial charge in [0.25, 0.3) is 0 Å². The van der Waals surface area contributed by atoms with Gasteiger partial charge in [0.2, 0.25) is 0 Å². The lowest BCUT2D eigenvalue weighted by atomic mass is 9.50. The summed E-state index contributed by atoms with van der Waals surface area (Å²) in [5.41, 5.74) is -2.74. The van der Waals surface area contributed by atoms with Crippen LogP contribution in [-0.4, -0.2) is 45.6 Å². The predicted molar refractivity (Wildman–Crippen MR) is 94.0 cm³/mol. The van der Waals surface area contributed by atoms with Gasteiger partial charge in [-0.25, -0.2) is 4.79 Å². The molecule has 26 heavy (non-hydrogen) atoms. The van der Waals surface area contributed by atoms with Gasteiger partial charge < -0.3 is 19.7 Å². The third-order valence-corrected chi connectivity index (χ3v) is 6.33. The Hall–Kier alpha value is -1.14. The van der Waals surface area contributed by atoms with Crippen LogP contribution in [0.3, 0.4) is 0 Å². The van der Waals surface area contributed by atoms with Crippen LogP contribution >= 0.6 is 0 Å². The Labute approximate surface area is 155 Å². The summed E-state index contributed by atoms with van der Waals surface area (Å²) in [4.78, 5) is 24.6. The van der Waals surface area contributed by atoms with Crippen molar-refractivity contribution in [2.75, 3.05) is 6.61 Å². The van der Waals surface area contributed by atoms with Gasteiger partial charge >= 0.3 is 11.9 Å². The molecule has 4 fully saturated rings. The SMILES string of the molecule is CC(C)C(C(=O)OCC(=O)OC12CC3CC(O)(CC(O)(C3)C1)C2)C(C)C. The van der Waals surface area contributed by atoms with Crippen molar-refractivity contribution in [3.05, 3.63) is 0 Å². The lowest BCUT2D eigenvalue weighted by Gasteiger charge is -2.62. The molecule has 0 aromatic carbocycles. The first-order chi connectivity index (χ1) is 11.9. The second-order valence-corrected chi connectivity index (χ2v) is 9.74. The summed E-state index contributed by atoms with van der Waals surface area (Å²) in [6.07, 6.45) is 3.06. The average Bonchev–Trinajstić information content (AvgIpc) is 2.39. The Bertz CT molecular complexity index is 557. The summed E-state index contributed by atoms with van der Waals surface area (Å²) in [7, 11) is 0. The van der Waals surface area contributed by atoms with Crippen LogP contribution in [0.1, 0.15) is 66.2 Å². The first-order valence-corrected chi connectivity index (χ1v) is 9.78. The van der Waals surface area contributed by atoms with Crippen molar-refractivity contribution in [3.63, 3.8) is 0 Å². The fourth-order valence-corrected chi connectivity index (χ4v) is 6.17. The van der Waals surface area contributed by atoms with E-state index in [1.165, 1.54) is 0 Å². The van der Waals surface area contributed by atoms with Gasteiger partial charge in [0, 0.05) is 19.3 Å². The number of ether oxygens (including phenoxy) is 2. The summed E-state index contributed by atoms with van der Waals surface area (Å²) in [6, 6.07) is 0. The molecule has 6 nitrogen and oxygen atoms in total. The highest BCUT2D eigenvalue weighted by Crippen LogP contribution is 2.60. The molecule has 0 amide bonds. The van der Waals surface area contributed by atoms with Crippen LogP contribution in [0, 0.1) is 23.7 Å². The van der Waals surface area contributed by atoms with E-state index in [2.05, 4.69) is 0 Å². The lowest BCUT2D eigenvalue weighted by molar-refractivity contribution is -0.262. The van der Waals surface area contributed by atoms with E-state index in [0.717, 1.165) is 0 Å². The third-order valence-electron chi connectivity index (χ3n) is 6.33. The van der Waals surface area contributed by atoms with Gasteiger partial charge in [-0.3, -0.25) is 4.79 Å². The maximum Gasteiger partial charge on any atom is 0.344 e. The van der Waals surface area contributed by atoms with Crippen molar-refractivity contribution >= 4 is 11.9 Å². The highest BCUT2D eigenvalue weighted by atomic mass is 16.6. The maximum atomic E-state index is 12.3. The Morgan fingerprint density at radius 3 is 1.96 bits per heavy atom.